The molecule has 0 amide bonds. The van der Waals surface area contributed by atoms with E-state index in [0.29, 0.717) is 16.8 Å². The van der Waals surface area contributed by atoms with Gasteiger partial charge in [-0.2, -0.15) is 5.10 Å². The van der Waals surface area contributed by atoms with Crippen molar-refractivity contribution in [3.63, 3.8) is 0 Å². The third-order valence-corrected chi connectivity index (χ3v) is 3.54. The minimum absolute atomic E-state index is 0.614. The fraction of sp³-hybridized carbons (Fsp3) is 0.357. The monoisotopic (exact) mass is 277 g/mol. The first-order valence-corrected chi connectivity index (χ1v) is 6.73. The summed E-state index contributed by atoms with van der Waals surface area (Å²) in [5.41, 5.74) is 7.50. The van der Waals surface area contributed by atoms with Crippen molar-refractivity contribution in [2.24, 2.45) is 13.0 Å². The lowest BCUT2D eigenvalue weighted by atomic mass is 10.1. The molecule has 1 saturated carbocycles. The highest BCUT2D eigenvalue weighted by molar-refractivity contribution is 6.30. The number of rotatable bonds is 4. The molecular formula is C14H16ClN3O. The molecule has 0 unspecified atom stereocenters. The Bertz CT molecular complexity index is 585. The zero-order valence-electron chi connectivity index (χ0n) is 10.8. The van der Waals surface area contributed by atoms with Crippen LogP contribution in [0.2, 0.25) is 5.02 Å². The highest BCUT2D eigenvalue weighted by Gasteiger charge is 2.22. The van der Waals surface area contributed by atoms with Gasteiger partial charge < -0.3 is 10.5 Å². The summed E-state index contributed by atoms with van der Waals surface area (Å²) < 4.78 is 7.51. The van der Waals surface area contributed by atoms with Crippen molar-refractivity contribution in [1.82, 2.24) is 9.78 Å². The molecule has 0 radical (unpaired) electrons. The Balaban J connectivity index is 1.94. The van der Waals surface area contributed by atoms with E-state index in [2.05, 4.69) is 5.10 Å². The van der Waals surface area contributed by atoms with Crippen LogP contribution >= 0.6 is 11.6 Å². The number of hydrogen-bond donors (Lipinski definition) is 1. The smallest absolute Gasteiger partial charge is 0.128 e. The summed E-state index contributed by atoms with van der Waals surface area (Å²) in [6.07, 6.45) is 2.53. The molecule has 0 saturated heterocycles. The van der Waals surface area contributed by atoms with Crippen LogP contribution in [0.25, 0.3) is 11.3 Å². The van der Waals surface area contributed by atoms with E-state index in [1.807, 2.05) is 31.3 Å². The number of halogens is 1. The van der Waals surface area contributed by atoms with Gasteiger partial charge in [-0.3, -0.25) is 4.68 Å². The van der Waals surface area contributed by atoms with Crippen molar-refractivity contribution < 1.29 is 4.74 Å². The average molecular weight is 278 g/mol. The van der Waals surface area contributed by atoms with Gasteiger partial charge in [-0.25, -0.2) is 0 Å². The number of aryl methyl sites for hydroxylation is 1. The fourth-order valence-electron chi connectivity index (χ4n) is 1.93. The Morgan fingerprint density at radius 1 is 1.42 bits per heavy atom. The van der Waals surface area contributed by atoms with Crippen LogP contribution in [0.5, 0.6) is 5.75 Å². The first kappa shape index (κ1) is 12.4. The van der Waals surface area contributed by atoms with Crippen LogP contribution in [0.1, 0.15) is 12.8 Å². The molecule has 2 N–H and O–H groups in total. The molecule has 19 heavy (non-hydrogen) atoms. The first-order valence-electron chi connectivity index (χ1n) is 6.36. The van der Waals surface area contributed by atoms with Gasteiger partial charge in [0.1, 0.15) is 11.6 Å². The molecule has 2 aromatic rings. The molecule has 1 heterocycles. The van der Waals surface area contributed by atoms with Crippen LogP contribution in [-0.2, 0) is 7.05 Å². The molecule has 1 fully saturated rings. The summed E-state index contributed by atoms with van der Waals surface area (Å²) in [4.78, 5) is 0. The number of hydrogen-bond acceptors (Lipinski definition) is 3. The predicted molar refractivity (Wildman–Crippen MR) is 76.3 cm³/mol. The maximum absolute atomic E-state index is 6.07. The summed E-state index contributed by atoms with van der Waals surface area (Å²) >= 11 is 6.07. The van der Waals surface area contributed by atoms with Gasteiger partial charge in [0.2, 0.25) is 0 Å². The van der Waals surface area contributed by atoms with Crippen molar-refractivity contribution in [2.45, 2.75) is 12.8 Å². The number of aromatic nitrogens is 2. The van der Waals surface area contributed by atoms with Crippen molar-refractivity contribution in [3.8, 4) is 17.0 Å². The summed E-state index contributed by atoms with van der Waals surface area (Å²) in [5, 5.41) is 5.04. The van der Waals surface area contributed by atoms with Crippen LogP contribution < -0.4 is 10.5 Å². The molecule has 4 nitrogen and oxygen atoms in total. The van der Waals surface area contributed by atoms with E-state index in [4.69, 9.17) is 22.1 Å². The Morgan fingerprint density at radius 3 is 2.84 bits per heavy atom. The van der Waals surface area contributed by atoms with Gasteiger partial charge in [0.15, 0.2) is 0 Å². The molecule has 0 atom stereocenters. The van der Waals surface area contributed by atoms with Crippen LogP contribution in [0.4, 0.5) is 5.82 Å². The molecule has 100 valence electrons. The van der Waals surface area contributed by atoms with Crippen LogP contribution in [0.3, 0.4) is 0 Å². The van der Waals surface area contributed by atoms with Crippen molar-refractivity contribution in [1.29, 1.82) is 0 Å². The minimum Gasteiger partial charge on any atom is -0.493 e. The molecule has 5 heteroatoms. The number of nitrogen functional groups attached to an aromatic ring is 1. The largest absolute Gasteiger partial charge is 0.493 e. The van der Waals surface area contributed by atoms with E-state index >= 15 is 0 Å². The van der Waals surface area contributed by atoms with Gasteiger partial charge in [0.05, 0.1) is 12.3 Å². The second-order valence-corrected chi connectivity index (χ2v) is 5.41. The minimum atomic E-state index is 0.614. The second kappa shape index (κ2) is 4.78. The Kier molecular flexibility index (Phi) is 3.11. The second-order valence-electron chi connectivity index (χ2n) is 4.97. The van der Waals surface area contributed by atoms with Crippen LogP contribution in [-0.4, -0.2) is 16.4 Å². The van der Waals surface area contributed by atoms with Gasteiger partial charge in [-0.15, -0.1) is 0 Å². The van der Waals surface area contributed by atoms with Crippen molar-refractivity contribution in [3.05, 3.63) is 29.3 Å². The van der Waals surface area contributed by atoms with Gasteiger partial charge in [-0.05, 0) is 37.0 Å². The lowest BCUT2D eigenvalue weighted by Gasteiger charge is -2.10. The topological polar surface area (TPSA) is 53.1 Å². The van der Waals surface area contributed by atoms with E-state index < -0.39 is 0 Å². The molecule has 1 aromatic heterocycles. The first-order chi connectivity index (χ1) is 9.13. The number of nitrogens with zero attached hydrogens (tertiary/aromatic N) is 2. The molecule has 0 bridgehead atoms. The van der Waals surface area contributed by atoms with Crippen LogP contribution in [0.15, 0.2) is 24.3 Å². The van der Waals surface area contributed by atoms with Gasteiger partial charge in [-0.1, -0.05) is 11.6 Å². The van der Waals surface area contributed by atoms with E-state index in [1.165, 1.54) is 12.8 Å². The molecular weight excluding hydrogens is 262 g/mol. The van der Waals surface area contributed by atoms with Gasteiger partial charge >= 0.3 is 0 Å². The lowest BCUT2D eigenvalue weighted by Crippen LogP contribution is -2.00. The molecule has 1 aromatic carbocycles. The van der Waals surface area contributed by atoms with E-state index in [9.17, 15) is 0 Å². The molecule has 0 spiro atoms. The van der Waals surface area contributed by atoms with Crippen LogP contribution in [0, 0.1) is 5.92 Å². The number of anilines is 1. The number of benzene rings is 1. The standard InChI is InChI=1S/C14H16ClN3O/c1-18-14(16)7-12(17-18)11-6-10(15)4-5-13(11)19-8-9-2-3-9/h4-7,9H,2-3,8,16H2,1H3. The molecule has 1 aliphatic rings. The number of ether oxygens (including phenoxy) is 1. The molecule has 0 aliphatic heterocycles. The summed E-state index contributed by atoms with van der Waals surface area (Å²) in [7, 11) is 1.81. The highest BCUT2D eigenvalue weighted by atomic mass is 35.5. The third kappa shape index (κ3) is 2.68. The zero-order valence-corrected chi connectivity index (χ0v) is 11.5. The van der Waals surface area contributed by atoms with Crippen molar-refractivity contribution >= 4 is 17.4 Å². The lowest BCUT2D eigenvalue weighted by molar-refractivity contribution is 0.301. The van der Waals surface area contributed by atoms with E-state index in [-0.39, 0.29) is 0 Å². The van der Waals surface area contributed by atoms with Gasteiger partial charge in [0.25, 0.3) is 0 Å². The molecule has 3 rings (SSSR count). The SMILES string of the molecule is Cn1nc(-c2cc(Cl)ccc2OCC2CC2)cc1N. The van der Waals surface area contributed by atoms with Gasteiger partial charge in [0, 0.05) is 23.7 Å². The summed E-state index contributed by atoms with van der Waals surface area (Å²) in [6, 6.07) is 7.42. The maximum atomic E-state index is 6.07. The summed E-state index contributed by atoms with van der Waals surface area (Å²) in [6.45, 7) is 0.761. The van der Waals surface area contributed by atoms with E-state index in [1.54, 1.807) is 4.68 Å². The highest BCUT2D eigenvalue weighted by Crippen LogP contribution is 2.35. The summed E-state index contributed by atoms with van der Waals surface area (Å²) in [5.74, 6) is 2.13. The fourth-order valence-corrected chi connectivity index (χ4v) is 2.11. The Morgan fingerprint density at radius 2 is 2.21 bits per heavy atom. The van der Waals surface area contributed by atoms with E-state index in [0.717, 1.165) is 23.6 Å². The number of nitrogens with two attached hydrogens (primary N) is 1. The third-order valence-electron chi connectivity index (χ3n) is 3.31. The normalized spacial score (nSPS) is 14.6. The Labute approximate surface area is 117 Å². The predicted octanol–water partition coefficient (Wildman–Crippen LogP) is 3.11. The average Bonchev–Trinajstić information content (AvgIpc) is 3.14. The maximum Gasteiger partial charge on any atom is 0.128 e. The Hall–Kier alpha value is -1.68. The zero-order chi connectivity index (χ0) is 13.4. The van der Waals surface area contributed by atoms with Crippen molar-refractivity contribution in [2.75, 3.05) is 12.3 Å². The molecule has 1 aliphatic carbocycles. The quantitative estimate of drug-likeness (QED) is 0.934.